The van der Waals surface area contributed by atoms with E-state index in [9.17, 15) is 12.8 Å². The van der Waals surface area contributed by atoms with Crippen molar-refractivity contribution in [2.24, 2.45) is 4.99 Å². The third kappa shape index (κ3) is 8.25. The minimum atomic E-state index is -3.16. The Morgan fingerprint density at radius 1 is 1.21 bits per heavy atom. The van der Waals surface area contributed by atoms with Crippen LogP contribution in [0, 0.1) is 5.82 Å². The van der Waals surface area contributed by atoms with Gasteiger partial charge in [-0.2, -0.15) is 0 Å². The summed E-state index contributed by atoms with van der Waals surface area (Å²) < 4.78 is 44.2. The molecule has 0 radical (unpaired) electrons. The lowest BCUT2D eigenvalue weighted by molar-refractivity contribution is 0.0170. The Hall–Kier alpha value is -1.75. The number of hydrogen-bond acceptors (Lipinski definition) is 5. The van der Waals surface area contributed by atoms with Crippen LogP contribution in [0.2, 0.25) is 0 Å². The van der Waals surface area contributed by atoms with Gasteiger partial charge >= 0.3 is 0 Å². The first-order valence-electron chi connectivity index (χ1n) is 9.94. The second kappa shape index (κ2) is 12.1. The zero-order chi connectivity index (χ0) is 21.1. The normalized spacial score (nSPS) is 17.1. The van der Waals surface area contributed by atoms with Crippen molar-refractivity contribution in [1.29, 1.82) is 0 Å². The molecule has 1 aromatic carbocycles. The molecule has 1 heterocycles. The quantitative estimate of drug-likeness (QED) is 0.288. The summed E-state index contributed by atoms with van der Waals surface area (Å²) in [6, 6.07) is 6.65. The van der Waals surface area contributed by atoms with Gasteiger partial charge in [0, 0.05) is 39.8 Å². The van der Waals surface area contributed by atoms with Gasteiger partial charge in [-0.3, -0.25) is 9.89 Å². The van der Waals surface area contributed by atoms with Gasteiger partial charge in [0.2, 0.25) is 10.0 Å². The van der Waals surface area contributed by atoms with Crippen molar-refractivity contribution >= 4 is 16.0 Å². The highest BCUT2D eigenvalue weighted by Crippen LogP contribution is 2.21. The first kappa shape index (κ1) is 23.5. The van der Waals surface area contributed by atoms with Crippen LogP contribution in [0.4, 0.5) is 4.39 Å². The summed E-state index contributed by atoms with van der Waals surface area (Å²) in [4.78, 5) is 6.54. The zero-order valence-electron chi connectivity index (χ0n) is 17.2. The Balaban J connectivity index is 1.86. The molecule has 10 heteroatoms. The maximum atomic E-state index is 13.3. The van der Waals surface area contributed by atoms with Gasteiger partial charge in [0.05, 0.1) is 25.0 Å². The van der Waals surface area contributed by atoms with E-state index in [4.69, 9.17) is 4.74 Å². The van der Waals surface area contributed by atoms with Gasteiger partial charge in [-0.15, -0.1) is 0 Å². The number of hydrogen-bond donors (Lipinski definition) is 3. The molecule has 0 bridgehead atoms. The molecule has 0 saturated carbocycles. The van der Waals surface area contributed by atoms with Crippen LogP contribution in [0.15, 0.2) is 29.3 Å². The number of guanidine groups is 1. The van der Waals surface area contributed by atoms with E-state index in [0.717, 1.165) is 18.7 Å². The van der Waals surface area contributed by atoms with E-state index in [1.807, 2.05) is 12.1 Å². The Bertz CT molecular complexity index is 737. The van der Waals surface area contributed by atoms with E-state index in [0.29, 0.717) is 45.2 Å². The molecule has 0 aliphatic carbocycles. The summed E-state index contributed by atoms with van der Waals surface area (Å²) >= 11 is 0. The van der Waals surface area contributed by atoms with Gasteiger partial charge in [0.1, 0.15) is 5.82 Å². The average Bonchev–Trinajstić information content (AvgIpc) is 2.74. The summed E-state index contributed by atoms with van der Waals surface area (Å²) in [5.74, 6) is 0.470. The molecule has 0 spiro atoms. The minimum Gasteiger partial charge on any atom is -0.379 e. The molecule has 0 amide bonds. The van der Waals surface area contributed by atoms with Gasteiger partial charge in [0.15, 0.2) is 5.96 Å². The molecule has 0 aromatic heterocycles. The highest BCUT2D eigenvalue weighted by molar-refractivity contribution is 7.89. The maximum absolute atomic E-state index is 13.3. The molecule has 29 heavy (non-hydrogen) atoms. The van der Waals surface area contributed by atoms with Gasteiger partial charge < -0.3 is 15.4 Å². The summed E-state index contributed by atoms with van der Waals surface area (Å²) in [5.41, 5.74) is 1.03. The minimum absolute atomic E-state index is 0.0643. The predicted molar refractivity (Wildman–Crippen MR) is 113 cm³/mol. The molecule has 3 N–H and O–H groups in total. The number of ether oxygens (including phenoxy) is 1. The Morgan fingerprint density at radius 3 is 2.52 bits per heavy atom. The first-order chi connectivity index (χ1) is 13.9. The third-order valence-corrected chi connectivity index (χ3v) is 6.18. The number of rotatable bonds is 10. The number of nitrogens with zero attached hydrogens (tertiary/aromatic N) is 2. The second-order valence-corrected chi connectivity index (χ2v) is 8.84. The molecule has 1 saturated heterocycles. The van der Waals surface area contributed by atoms with E-state index in [1.54, 1.807) is 14.0 Å². The lowest BCUT2D eigenvalue weighted by Gasteiger charge is -2.35. The average molecular weight is 430 g/mol. The molecule has 1 atom stereocenters. The van der Waals surface area contributed by atoms with Crippen molar-refractivity contribution in [3.8, 4) is 0 Å². The molecule has 1 unspecified atom stereocenters. The third-order valence-electron chi connectivity index (χ3n) is 4.78. The van der Waals surface area contributed by atoms with E-state index in [1.165, 1.54) is 12.1 Å². The lowest BCUT2D eigenvalue weighted by Crippen LogP contribution is -2.46. The van der Waals surface area contributed by atoms with E-state index in [2.05, 4.69) is 25.2 Å². The SMILES string of the molecule is CCS(=O)(=O)NCCCNC(=NC)NCC(c1ccc(F)cc1)N1CCOCC1. The van der Waals surface area contributed by atoms with Crippen LogP contribution in [0.5, 0.6) is 0 Å². The van der Waals surface area contributed by atoms with E-state index in [-0.39, 0.29) is 17.6 Å². The van der Waals surface area contributed by atoms with Crippen LogP contribution < -0.4 is 15.4 Å². The second-order valence-electron chi connectivity index (χ2n) is 6.75. The highest BCUT2D eigenvalue weighted by Gasteiger charge is 2.23. The fraction of sp³-hybridized carbons (Fsp3) is 0.632. The Labute approximate surface area is 173 Å². The van der Waals surface area contributed by atoms with Crippen LogP contribution >= 0.6 is 0 Å². The van der Waals surface area contributed by atoms with Crippen LogP contribution in [-0.2, 0) is 14.8 Å². The summed E-state index contributed by atoms with van der Waals surface area (Å²) in [6.45, 7) is 6.17. The van der Waals surface area contributed by atoms with Crippen molar-refractivity contribution < 1.29 is 17.5 Å². The summed E-state index contributed by atoms with van der Waals surface area (Å²) in [5, 5.41) is 6.52. The molecule has 1 aliphatic heterocycles. The molecular formula is C19H32FN5O3S. The number of halogens is 1. The Morgan fingerprint density at radius 2 is 1.90 bits per heavy atom. The summed E-state index contributed by atoms with van der Waals surface area (Å²) in [7, 11) is -1.47. The summed E-state index contributed by atoms with van der Waals surface area (Å²) in [6.07, 6.45) is 0.644. The number of aliphatic imine (C=N–C) groups is 1. The van der Waals surface area contributed by atoms with Crippen LogP contribution in [0.3, 0.4) is 0 Å². The maximum Gasteiger partial charge on any atom is 0.211 e. The van der Waals surface area contributed by atoms with Crippen molar-refractivity contribution in [3.05, 3.63) is 35.6 Å². The number of sulfonamides is 1. The van der Waals surface area contributed by atoms with Crippen molar-refractivity contribution in [2.75, 3.05) is 58.7 Å². The molecule has 1 fully saturated rings. The van der Waals surface area contributed by atoms with Crippen molar-refractivity contribution in [1.82, 2.24) is 20.3 Å². The highest BCUT2D eigenvalue weighted by atomic mass is 32.2. The van der Waals surface area contributed by atoms with Gasteiger partial charge in [-0.1, -0.05) is 12.1 Å². The fourth-order valence-corrected chi connectivity index (χ4v) is 3.73. The molecular weight excluding hydrogens is 397 g/mol. The van der Waals surface area contributed by atoms with Crippen LogP contribution in [0.1, 0.15) is 24.9 Å². The van der Waals surface area contributed by atoms with Crippen molar-refractivity contribution in [3.63, 3.8) is 0 Å². The largest absolute Gasteiger partial charge is 0.379 e. The van der Waals surface area contributed by atoms with E-state index >= 15 is 0 Å². The first-order valence-corrected chi connectivity index (χ1v) is 11.6. The molecule has 8 nitrogen and oxygen atoms in total. The smallest absolute Gasteiger partial charge is 0.211 e. The number of morpholine rings is 1. The fourth-order valence-electron chi connectivity index (χ4n) is 3.07. The zero-order valence-corrected chi connectivity index (χ0v) is 18.0. The standard InChI is InChI=1S/C19H32FN5O3S/c1-3-29(26,27)24-10-4-9-22-19(21-2)23-15-18(25-11-13-28-14-12-25)16-5-7-17(20)8-6-16/h5-8,18,24H,3-4,9-15H2,1-2H3,(H2,21,22,23). The van der Waals surface area contributed by atoms with Gasteiger partial charge in [-0.05, 0) is 31.0 Å². The Kier molecular flexibility index (Phi) is 9.79. The van der Waals surface area contributed by atoms with Crippen molar-refractivity contribution in [2.45, 2.75) is 19.4 Å². The van der Waals surface area contributed by atoms with Gasteiger partial charge in [-0.25, -0.2) is 17.5 Å². The van der Waals surface area contributed by atoms with Gasteiger partial charge in [0.25, 0.3) is 0 Å². The van der Waals surface area contributed by atoms with Crippen LogP contribution in [0.25, 0.3) is 0 Å². The number of benzene rings is 1. The molecule has 164 valence electrons. The topological polar surface area (TPSA) is 95.1 Å². The predicted octanol–water partition coefficient (Wildman–Crippen LogP) is 0.693. The molecule has 1 aromatic rings. The van der Waals surface area contributed by atoms with Crippen LogP contribution in [-0.4, -0.2) is 78.0 Å². The number of nitrogens with one attached hydrogen (secondary N) is 3. The molecule has 2 rings (SSSR count). The van der Waals surface area contributed by atoms with E-state index < -0.39 is 10.0 Å². The lowest BCUT2D eigenvalue weighted by atomic mass is 10.0. The molecule has 1 aliphatic rings. The monoisotopic (exact) mass is 429 g/mol.